The Hall–Kier alpha value is -1.75. The lowest BCUT2D eigenvalue weighted by Gasteiger charge is -2.18. The summed E-state index contributed by atoms with van der Waals surface area (Å²) < 4.78 is 29.3. The second kappa shape index (κ2) is 6.13. The number of likely N-dealkylation sites (N-methyl/N-ethyl adjacent to an activating group) is 1. The Bertz CT molecular complexity index is 573. The molecule has 0 aliphatic carbocycles. The summed E-state index contributed by atoms with van der Waals surface area (Å²) in [6.45, 7) is 4.59. The van der Waals surface area contributed by atoms with Crippen LogP contribution in [0.2, 0.25) is 0 Å². The number of benzene rings is 1. The van der Waals surface area contributed by atoms with E-state index < -0.39 is 11.6 Å². The summed E-state index contributed by atoms with van der Waals surface area (Å²) in [5.74, 6) is -1.01. The van der Waals surface area contributed by atoms with Gasteiger partial charge in [-0.2, -0.15) is 5.10 Å². The van der Waals surface area contributed by atoms with Crippen molar-refractivity contribution < 1.29 is 8.78 Å². The van der Waals surface area contributed by atoms with Gasteiger partial charge >= 0.3 is 0 Å². The molecule has 108 valence electrons. The summed E-state index contributed by atoms with van der Waals surface area (Å²) in [5, 5.41) is 7.56. The third-order valence-electron chi connectivity index (χ3n) is 3.35. The Balaban J connectivity index is 2.33. The maximum atomic E-state index is 13.8. The molecule has 0 bridgehead atoms. The minimum atomic E-state index is -0.505. The molecule has 0 amide bonds. The molecule has 0 spiro atoms. The fraction of sp³-hybridized carbons (Fsp3) is 0.400. The van der Waals surface area contributed by atoms with E-state index in [0.29, 0.717) is 0 Å². The lowest BCUT2D eigenvalue weighted by atomic mass is 9.98. The summed E-state index contributed by atoms with van der Waals surface area (Å²) in [5.41, 5.74) is 1.95. The smallest absolute Gasteiger partial charge is 0.129 e. The van der Waals surface area contributed by atoms with Crippen LogP contribution in [0.1, 0.15) is 29.8 Å². The second-order valence-electron chi connectivity index (χ2n) is 4.86. The first-order valence-electron chi connectivity index (χ1n) is 6.69. The molecule has 0 saturated heterocycles. The third kappa shape index (κ3) is 3.04. The van der Waals surface area contributed by atoms with E-state index in [1.807, 2.05) is 27.1 Å². The number of aromatic nitrogens is 2. The van der Waals surface area contributed by atoms with E-state index in [0.717, 1.165) is 17.8 Å². The zero-order valence-corrected chi connectivity index (χ0v) is 12.0. The number of halogens is 2. The first kappa shape index (κ1) is 14.7. The first-order valence-corrected chi connectivity index (χ1v) is 6.69. The van der Waals surface area contributed by atoms with Crippen molar-refractivity contribution in [3.63, 3.8) is 0 Å². The van der Waals surface area contributed by atoms with Gasteiger partial charge in [0.2, 0.25) is 0 Å². The first-order chi connectivity index (χ1) is 9.52. The van der Waals surface area contributed by atoms with E-state index in [2.05, 4.69) is 10.4 Å². The average Bonchev–Trinajstić information content (AvgIpc) is 2.72. The Kier molecular flexibility index (Phi) is 4.49. The molecule has 20 heavy (non-hydrogen) atoms. The monoisotopic (exact) mass is 279 g/mol. The predicted molar refractivity (Wildman–Crippen MR) is 74.4 cm³/mol. The van der Waals surface area contributed by atoms with Gasteiger partial charge in [-0.25, -0.2) is 8.78 Å². The fourth-order valence-electron chi connectivity index (χ4n) is 2.43. The van der Waals surface area contributed by atoms with Crippen molar-refractivity contribution in [1.82, 2.24) is 15.1 Å². The van der Waals surface area contributed by atoms with Gasteiger partial charge in [0.15, 0.2) is 0 Å². The molecule has 3 nitrogen and oxygen atoms in total. The molecule has 1 aromatic heterocycles. The van der Waals surface area contributed by atoms with Crippen LogP contribution in [0.25, 0.3) is 0 Å². The number of hydrogen-bond acceptors (Lipinski definition) is 2. The van der Waals surface area contributed by atoms with Crippen LogP contribution in [0.4, 0.5) is 8.78 Å². The largest absolute Gasteiger partial charge is 0.310 e. The molecule has 1 unspecified atom stereocenters. The number of nitrogens with one attached hydrogen (secondary N) is 1. The summed E-state index contributed by atoms with van der Waals surface area (Å²) in [6.07, 6.45) is 2.15. The van der Waals surface area contributed by atoms with Crippen molar-refractivity contribution in [3.8, 4) is 0 Å². The summed E-state index contributed by atoms with van der Waals surface area (Å²) >= 11 is 0. The summed E-state index contributed by atoms with van der Waals surface area (Å²) in [7, 11) is 1.84. The van der Waals surface area contributed by atoms with E-state index in [1.54, 1.807) is 4.68 Å². The molecule has 2 aromatic rings. The van der Waals surface area contributed by atoms with Gasteiger partial charge in [0, 0.05) is 30.4 Å². The molecule has 1 N–H and O–H groups in total. The zero-order valence-electron chi connectivity index (χ0n) is 12.0. The van der Waals surface area contributed by atoms with Crippen LogP contribution < -0.4 is 5.32 Å². The molecule has 0 fully saturated rings. The zero-order chi connectivity index (χ0) is 14.7. The van der Waals surface area contributed by atoms with Gasteiger partial charge < -0.3 is 5.32 Å². The molecular weight excluding hydrogens is 260 g/mol. The third-order valence-corrected chi connectivity index (χ3v) is 3.35. The highest BCUT2D eigenvalue weighted by molar-refractivity contribution is 5.26. The quantitative estimate of drug-likeness (QED) is 0.912. The van der Waals surface area contributed by atoms with Gasteiger partial charge in [0.05, 0.1) is 5.69 Å². The van der Waals surface area contributed by atoms with Gasteiger partial charge in [0.25, 0.3) is 0 Å². The highest BCUT2D eigenvalue weighted by Crippen LogP contribution is 2.24. The SMILES string of the molecule is CCNC(Cc1c(F)cccc1F)c1cn(C)nc1C. The number of nitrogens with zero attached hydrogens (tertiary/aromatic N) is 2. The Morgan fingerprint density at radius 2 is 1.95 bits per heavy atom. The van der Waals surface area contributed by atoms with Crippen LogP contribution >= 0.6 is 0 Å². The van der Waals surface area contributed by atoms with E-state index in [-0.39, 0.29) is 18.0 Å². The van der Waals surface area contributed by atoms with Crippen molar-refractivity contribution in [3.05, 3.63) is 52.9 Å². The number of rotatable bonds is 5. The Morgan fingerprint density at radius 1 is 1.30 bits per heavy atom. The summed E-state index contributed by atoms with van der Waals surface area (Å²) in [6, 6.07) is 3.81. The van der Waals surface area contributed by atoms with Crippen LogP contribution in [0.3, 0.4) is 0 Å². The fourth-order valence-corrected chi connectivity index (χ4v) is 2.43. The highest BCUT2D eigenvalue weighted by Gasteiger charge is 2.20. The standard InChI is InChI=1S/C15H19F2N3/c1-4-18-15(12-9-20(3)19-10(12)2)8-11-13(16)6-5-7-14(11)17/h5-7,9,15,18H,4,8H2,1-3H3. The van der Waals surface area contributed by atoms with Crippen molar-refractivity contribution in [2.45, 2.75) is 26.3 Å². The maximum absolute atomic E-state index is 13.8. The van der Waals surface area contributed by atoms with Crippen LogP contribution in [0, 0.1) is 18.6 Å². The molecule has 1 atom stereocenters. The molecular formula is C15H19F2N3. The maximum Gasteiger partial charge on any atom is 0.129 e. The molecule has 2 rings (SSSR count). The topological polar surface area (TPSA) is 29.9 Å². The Labute approximate surface area is 117 Å². The van der Waals surface area contributed by atoms with Crippen molar-refractivity contribution in [1.29, 1.82) is 0 Å². The van der Waals surface area contributed by atoms with Gasteiger partial charge in [-0.1, -0.05) is 13.0 Å². The van der Waals surface area contributed by atoms with Gasteiger partial charge in [-0.05, 0) is 32.0 Å². The van der Waals surface area contributed by atoms with Crippen molar-refractivity contribution in [2.24, 2.45) is 7.05 Å². The molecule has 0 aliphatic rings. The minimum absolute atomic E-state index is 0.113. The van der Waals surface area contributed by atoms with E-state index in [4.69, 9.17) is 0 Å². The molecule has 0 saturated carbocycles. The van der Waals surface area contributed by atoms with Crippen LogP contribution in [-0.4, -0.2) is 16.3 Å². The van der Waals surface area contributed by atoms with Gasteiger partial charge in [0.1, 0.15) is 11.6 Å². The van der Waals surface area contributed by atoms with Crippen LogP contribution in [0.15, 0.2) is 24.4 Å². The van der Waals surface area contributed by atoms with E-state index in [1.165, 1.54) is 18.2 Å². The average molecular weight is 279 g/mol. The van der Waals surface area contributed by atoms with Crippen molar-refractivity contribution >= 4 is 0 Å². The predicted octanol–water partition coefficient (Wildman–Crippen LogP) is 2.90. The molecule has 5 heteroatoms. The van der Waals surface area contributed by atoms with E-state index in [9.17, 15) is 8.78 Å². The lowest BCUT2D eigenvalue weighted by molar-refractivity contribution is 0.498. The lowest BCUT2D eigenvalue weighted by Crippen LogP contribution is -2.24. The minimum Gasteiger partial charge on any atom is -0.310 e. The second-order valence-corrected chi connectivity index (χ2v) is 4.86. The Morgan fingerprint density at radius 3 is 2.45 bits per heavy atom. The summed E-state index contributed by atoms with van der Waals surface area (Å²) in [4.78, 5) is 0. The van der Waals surface area contributed by atoms with Crippen LogP contribution in [0.5, 0.6) is 0 Å². The molecule has 0 aliphatic heterocycles. The highest BCUT2D eigenvalue weighted by atomic mass is 19.1. The molecule has 1 heterocycles. The number of hydrogen-bond donors (Lipinski definition) is 1. The van der Waals surface area contributed by atoms with E-state index >= 15 is 0 Å². The van der Waals surface area contributed by atoms with Crippen LogP contribution in [-0.2, 0) is 13.5 Å². The molecule has 0 radical (unpaired) electrons. The molecule has 1 aromatic carbocycles. The van der Waals surface area contributed by atoms with Crippen molar-refractivity contribution in [2.75, 3.05) is 6.54 Å². The normalized spacial score (nSPS) is 12.7. The van der Waals surface area contributed by atoms with Gasteiger partial charge in [-0.3, -0.25) is 4.68 Å². The van der Waals surface area contributed by atoms with Gasteiger partial charge in [-0.15, -0.1) is 0 Å². The number of aryl methyl sites for hydroxylation is 2.